The molecule has 1 aromatic carbocycles. The number of amidine groups is 1. The molecule has 1 unspecified atom stereocenters. The summed E-state index contributed by atoms with van der Waals surface area (Å²) >= 11 is 12.1. The maximum absolute atomic E-state index is 13.0. The second-order valence-corrected chi connectivity index (χ2v) is 9.11. The number of nitrogens with zero attached hydrogens (tertiary/aromatic N) is 1. The van der Waals surface area contributed by atoms with E-state index in [-0.39, 0.29) is 12.3 Å². The molecule has 160 valence electrons. The number of nitrogens with one attached hydrogen (secondary N) is 2. The Hall–Kier alpha value is -1.82. The van der Waals surface area contributed by atoms with E-state index >= 15 is 0 Å². The van der Waals surface area contributed by atoms with Gasteiger partial charge in [0, 0.05) is 0 Å². The third kappa shape index (κ3) is 4.09. The molecule has 1 atom stereocenters. The predicted molar refractivity (Wildman–Crippen MR) is 103 cm³/mol. The molecule has 0 aliphatic carbocycles. The van der Waals surface area contributed by atoms with Gasteiger partial charge in [0.1, 0.15) is 17.1 Å². The molecular formula is C16H17Cl2F3N3O4S+. The fourth-order valence-electron chi connectivity index (χ4n) is 2.76. The van der Waals surface area contributed by atoms with Crippen molar-refractivity contribution in [2.45, 2.75) is 20.0 Å². The number of alkyl halides is 3. The molecule has 1 aliphatic rings. The van der Waals surface area contributed by atoms with Crippen LogP contribution in [0, 0.1) is 5.41 Å². The molecule has 1 heterocycles. The fourth-order valence-corrected chi connectivity index (χ4v) is 4.80. The molecule has 2 rings (SSSR count). The average Bonchev–Trinajstić information content (AvgIpc) is 2.86. The number of hydrogen-bond donors (Lipinski definition) is 2. The van der Waals surface area contributed by atoms with Gasteiger partial charge in [-0.3, -0.25) is 0 Å². The summed E-state index contributed by atoms with van der Waals surface area (Å²) < 4.78 is 68.0. The van der Waals surface area contributed by atoms with Crippen molar-refractivity contribution >= 4 is 50.5 Å². The van der Waals surface area contributed by atoms with E-state index in [0.29, 0.717) is 12.1 Å². The number of ether oxygens (including phenoxy) is 1. The lowest BCUT2D eigenvalue weighted by atomic mass is 10.1. The van der Waals surface area contributed by atoms with E-state index in [4.69, 9.17) is 33.3 Å². The van der Waals surface area contributed by atoms with Gasteiger partial charge in [0.05, 0.1) is 17.9 Å². The van der Waals surface area contributed by atoms with E-state index in [2.05, 4.69) is 5.43 Å². The van der Waals surface area contributed by atoms with Crippen LogP contribution < -0.4 is 10.0 Å². The Morgan fingerprint density at radius 1 is 1.24 bits per heavy atom. The summed E-state index contributed by atoms with van der Waals surface area (Å²) in [5, 5.41) is 7.47. The minimum atomic E-state index is -4.72. The number of carbonyl (C=O) groups is 1. The van der Waals surface area contributed by atoms with E-state index < -0.39 is 64.4 Å². The quantitative estimate of drug-likeness (QED) is 0.501. The Kier molecular flexibility index (Phi) is 6.30. The topological polar surface area (TPSA) is 96.3 Å². The zero-order chi connectivity index (χ0) is 22.4. The summed E-state index contributed by atoms with van der Waals surface area (Å²) in [6, 6.07) is 1.22. The zero-order valence-electron chi connectivity index (χ0n) is 15.4. The Morgan fingerprint density at radius 3 is 2.17 bits per heavy atom. The highest BCUT2D eigenvalue weighted by molar-refractivity contribution is 7.96. The van der Waals surface area contributed by atoms with Crippen molar-refractivity contribution in [2.75, 3.05) is 19.4 Å². The maximum atomic E-state index is 13.0. The normalized spacial score (nSPS) is 20.1. The third-order valence-corrected chi connectivity index (χ3v) is 6.54. The van der Waals surface area contributed by atoms with Crippen molar-refractivity contribution in [1.82, 2.24) is 10.0 Å². The number of sulfone groups is 1. The highest BCUT2D eigenvalue weighted by atomic mass is 35.5. The summed E-state index contributed by atoms with van der Waals surface area (Å²) in [5.74, 6) is -2.10. The molecule has 2 N–H and O–H groups in total. The van der Waals surface area contributed by atoms with Gasteiger partial charge in [-0.05, 0) is 19.1 Å². The van der Waals surface area contributed by atoms with Crippen molar-refractivity contribution < 1.29 is 31.1 Å². The van der Waals surface area contributed by atoms with Gasteiger partial charge in [-0.25, -0.2) is 24.0 Å². The van der Waals surface area contributed by atoms with Crippen LogP contribution in [0.2, 0.25) is 10.0 Å². The van der Waals surface area contributed by atoms with E-state index in [9.17, 15) is 26.4 Å². The Morgan fingerprint density at radius 2 is 1.76 bits per heavy atom. The van der Waals surface area contributed by atoms with E-state index in [0.717, 1.165) is 0 Å². The number of esters is 1. The molecule has 7 nitrogen and oxygen atoms in total. The van der Waals surface area contributed by atoms with Gasteiger partial charge in [-0.1, -0.05) is 30.1 Å². The van der Waals surface area contributed by atoms with Crippen LogP contribution in [0.4, 0.5) is 18.9 Å². The van der Waals surface area contributed by atoms with Crippen LogP contribution in [0.25, 0.3) is 0 Å². The Labute approximate surface area is 175 Å². The zero-order valence-corrected chi connectivity index (χ0v) is 17.8. The lowest BCUT2D eigenvalue weighted by Gasteiger charge is -2.29. The first kappa shape index (κ1) is 23.5. The van der Waals surface area contributed by atoms with E-state index in [1.54, 1.807) is 0 Å². The molecule has 29 heavy (non-hydrogen) atoms. The molecule has 0 saturated heterocycles. The van der Waals surface area contributed by atoms with Crippen molar-refractivity contribution in [2.24, 2.45) is 0 Å². The van der Waals surface area contributed by atoms with Gasteiger partial charge >= 0.3 is 12.1 Å². The number of quaternary nitrogens is 1. The third-order valence-electron chi connectivity index (χ3n) is 4.19. The van der Waals surface area contributed by atoms with Crippen molar-refractivity contribution in [1.29, 1.82) is 5.41 Å². The minimum absolute atomic E-state index is 0.0672. The Balaban J connectivity index is 2.71. The molecular weight excluding hydrogens is 458 g/mol. The predicted octanol–water partition coefficient (Wildman–Crippen LogP) is 3.65. The molecule has 0 radical (unpaired) electrons. The molecule has 1 aliphatic heterocycles. The fraction of sp³-hybridized carbons (Fsp3) is 0.375. The smallest absolute Gasteiger partial charge is 0.416 e. The first-order chi connectivity index (χ1) is 13.2. The van der Waals surface area contributed by atoms with Crippen LogP contribution in [0.5, 0.6) is 0 Å². The number of carbonyl (C=O) groups excluding carboxylic acids is 1. The number of rotatable bonds is 5. The number of halogens is 5. The lowest BCUT2D eigenvalue weighted by Crippen LogP contribution is -2.56. The summed E-state index contributed by atoms with van der Waals surface area (Å²) in [6.45, 7) is 2.76. The van der Waals surface area contributed by atoms with Crippen LogP contribution in [-0.2, 0) is 25.5 Å². The van der Waals surface area contributed by atoms with Gasteiger partial charge in [-0.15, -0.1) is 4.59 Å². The van der Waals surface area contributed by atoms with Crippen LogP contribution in [-0.4, -0.2) is 39.6 Å². The summed E-state index contributed by atoms with van der Waals surface area (Å²) in [4.78, 5) is 11.7. The number of hydrogen-bond acceptors (Lipinski definition) is 6. The van der Waals surface area contributed by atoms with Crippen LogP contribution in [0.1, 0.15) is 19.4 Å². The first-order valence-corrected chi connectivity index (χ1v) is 10.6. The highest BCUT2D eigenvalue weighted by Crippen LogP contribution is 2.44. The van der Waals surface area contributed by atoms with Crippen molar-refractivity contribution in [3.63, 3.8) is 0 Å². The molecule has 0 fully saturated rings. The van der Waals surface area contributed by atoms with Crippen LogP contribution in [0.3, 0.4) is 0 Å². The number of likely N-dealkylation sites (N-methyl/N-ethyl adjacent to an activating group) is 1. The second-order valence-electron chi connectivity index (χ2n) is 6.08. The van der Waals surface area contributed by atoms with Crippen molar-refractivity contribution in [3.05, 3.63) is 38.3 Å². The average molecular weight is 475 g/mol. The van der Waals surface area contributed by atoms with Crippen LogP contribution >= 0.6 is 23.2 Å². The van der Waals surface area contributed by atoms with Gasteiger partial charge in [0.15, 0.2) is 20.4 Å². The molecule has 0 spiro atoms. The minimum Gasteiger partial charge on any atom is -0.461 e. The SMILES string of the molecule is CCOC(=O)C1=C(S(=O)(=O)CC)C(=N)[N+](C)(c2c(Cl)cc(C(F)(F)F)cc2Cl)N1. The van der Waals surface area contributed by atoms with Gasteiger partial charge in [-0.2, -0.15) is 13.2 Å². The first-order valence-electron chi connectivity index (χ1n) is 8.15. The molecule has 0 bridgehead atoms. The maximum Gasteiger partial charge on any atom is 0.416 e. The summed E-state index contributed by atoms with van der Waals surface area (Å²) in [7, 11) is -2.85. The molecule has 1 aromatic rings. The number of benzene rings is 1. The van der Waals surface area contributed by atoms with E-state index in [1.807, 2.05) is 0 Å². The molecule has 13 heteroatoms. The molecule has 0 aromatic heterocycles. The van der Waals surface area contributed by atoms with Gasteiger partial charge in [0.2, 0.25) is 5.69 Å². The lowest BCUT2D eigenvalue weighted by molar-refractivity contribution is -0.139. The van der Waals surface area contributed by atoms with Gasteiger partial charge in [0.25, 0.3) is 5.84 Å². The Bertz CT molecular complexity index is 1000. The summed E-state index contributed by atoms with van der Waals surface area (Å²) in [5.41, 5.74) is 0.673. The summed E-state index contributed by atoms with van der Waals surface area (Å²) in [6.07, 6.45) is -4.72. The standard InChI is InChI=1S/C16H17Cl2F3N3O4S/c1-4-28-15(25)11-13(29(26,27)5-2)14(22)24(3,23-11)12-9(17)6-8(7-10(12)18)16(19,20)21/h6-7,22-23H,4-5H2,1-3H3/q+1. The van der Waals surface area contributed by atoms with Crippen molar-refractivity contribution in [3.8, 4) is 0 Å². The van der Waals surface area contributed by atoms with E-state index in [1.165, 1.54) is 20.9 Å². The molecule has 0 saturated carbocycles. The largest absolute Gasteiger partial charge is 0.461 e. The second kappa shape index (κ2) is 7.78. The van der Waals surface area contributed by atoms with Gasteiger partial charge < -0.3 is 4.74 Å². The highest BCUT2D eigenvalue weighted by Gasteiger charge is 2.52. The van der Waals surface area contributed by atoms with Crippen LogP contribution in [0.15, 0.2) is 22.7 Å². The monoisotopic (exact) mass is 474 g/mol. The molecule has 0 amide bonds.